The molecule has 0 radical (unpaired) electrons. The van der Waals surface area contributed by atoms with Crippen molar-refractivity contribution in [2.45, 2.75) is 18.9 Å². The number of nitrogens with one attached hydrogen (secondary N) is 2. The van der Waals surface area contributed by atoms with Crippen LogP contribution in [-0.2, 0) is 0 Å². The molecule has 2 rings (SSSR count). The van der Waals surface area contributed by atoms with Crippen LogP contribution in [0.15, 0.2) is 16.6 Å². The maximum Gasteiger partial charge on any atom is 0.150 e. The highest BCUT2D eigenvalue weighted by atomic mass is 79.9. The molecule has 16 heavy (non-hydrogen) atoms. The van der Waals surface area contributed by atoms with Crippen molar-refractivity contribution in [3.63, 3.8) is 0 Å². The smallest absolute Gasteiger partial charge is 0.150 e. The Kier molecular flexibility index (Phi) is 3.76. The molecule has 0 bridgehead atoms. The summed E-state index contributed by atoms with van der Waals surface area (Å²) in [6.45, 7) is 1.53. The average molecular weight is 291 g/mol. The maximum atomic E-state index is 13.4. The lowest BCUT2D eigenvalue weighted by molar-refractivity contribution is 0.578. The van der Waals surface area contributed by atoms with E-state index in [1.807, 2.05) is 0 Å². The molecule has 1 aromatic rings. The summed E-state index contributed by atoms with van der Waals surface area (Å²) in [5.41, 5.74) is -0.0445. The van der Waals surface area contributed by atoms with Crippen molar-refractivity contribution in [3.8, 4) is 0 Å². The van der Waals surface area contributed by atoms with E-state index in [1.54, 1.807) is 0 Å². The molecule has 88 valence electrons. The molecule has 0 amide bonds. The van der Waals surface area contributed by atoms with Crippen molar-refractivity contribution < 1.29 is 8.78 Å². The van der Waals surface area contributed by atoms with Gasteiger partial charge < -0.3 is 10.6 Å². The Hall–Kier alpha value is -0.680. The van der Waals surface area contributed by atoms with Crippen LogP contribution in [-0.4, -0.2) is 19.1 Å². The molecule has 1 saturated heterocycles. The molecule has 0 saturated carbocycles. The second-order valence-corrected chi connectivity index (χ2v) is 4.83. The molecular formula is C11H13BrF2N2. The largest absolute Gasteiger partial charge is 0.379 e. The lowest BCUT2D eigenvalue weighted by atomic mass is 10.2. The Morgan fingerprint density at radius 2 is 2.06 bits per heavy atom. The molecule has 1 aromatic carbocycles. The van der Waals surface area contributed by atoms with Crippen molar-refractivity contribution in [1.29, 1.82) is 0 Å². The zero-order valence-corrected chi connectivity index (χ0v) is 10.3. The highest BCUT2D eigenvalue weighted by molar-refractivity contribution is 9.10. The van der Waals surface area contributed by atoms with Crippen LogP contribution in [0.25, 0.3) is 0 Å². The Balaban J connectivity index is 2.03. The molecule has 0 aliphatic carbocycles. The molecule has 5 heteroatoms. The molecule has 1 unspecified atom stereocenters. The van der Waals surface area contributed by atoms with Gasteiger partial charge in [-0.3, -0.25) is 0 Å². The standard InChI is InChI=1S/C11H13BrF2N2/c12-7-4-9(13)11(10(14)5-7)16-6-8-2-1-3-15-8/h4-5,8,15-16H,1-3,6H2. The molecule has 1 fully saturated rings. The van der Waals surface area contributed by atoms with E-state index in [2.05, 4.69) is 26.6 Å². The molecule has 2 nitrogen and oxygen atoms in total. The molecule has 0 aromatic heterocycles. The number of benzene rings is 1. The monoisotopic (exact) mass is 290 g/mol. The normalized spacial score (nSPS) is 20.1. The molecule has 1 atom stereocenters. The van der Waals surface area contributed by atoms with Crippen LogP contribution in [0.3, 0.4) is 0 Å². The number of rotatable bonds is 3. The molecule has 1 heterocycles. The third-order valence-corrected chi connectivity index (χ3v) is 3.15. The van der Waals surface area contributed by atoms with E-state index in [9.17, 15) is 8.78 Å². The van der Waals surface area contributed by atoms with Gasteiger partial charge in [0.25, 0.3) is 0 Å². The van der Waals surface area contributed by atoms with Gasteiger partial charge >= 0.3 is 0 Å². The van der Waals surface area contributed by atoms with Crippen LogP contribution >= 0.6 is 15.9 Å². The zero-order chi connectivity index (χ0) is 11.5. The van der Waals surface area contributed by atoms with E-state index in [4.69, 9.17) is 0 Å². The van der Waals surface area contributed by atoms with Gasteiger partial charge in [0.05, 0.1) is 0 Å². The van der Waals surface area contributed by atoms with Gasteiger partial charge in [0.1, 0.15) is 17.3 Å². The summed E-state index contributed by atoms with van der Waals surface area (Å²) in [6, 6.07) is 2.82. The van der Waals surface area contributed by atoms with E-state index in [0.29, 0.717) is 17.1 Å². The third kappa shape index (κ3) is 2.71. The minimum atomic E-state index is -0.565. The molecule has 0 spiro atoms. The lowest BCUT2D eigenvalue weighted by Crippen LogP contribution is -2.29. The fourth-order valence-electron chi connectivity index (χ4n) is 1.87. The van der Waals surface area contributed by atoms with Gasteiger partial charge in [0.2, 0.25) is 0 Å². The molecule has 2 N–H and O–H groups in total. The van der Waals surface area contributed by atoms with Gasteiger partial charge in [-0.1, -0.05) is 15.9 Å². The van der Waals surface area contributed by atoms with Gasteiger partial charge in [0, 0.05) is 17.1 Å². The van der Waals surface area contributed by atoms with Crippen molar-refractivity contribution in [2.75, 3.05) is 18.4 Å². The van der Waals surface area contributed by atoms with E-state index in [0.717, 1.165) is 19.4 Å². The van der Waals surface area contributed by atoms with Gasteiger partial charge in [-0.25, -0.2) is 8.78 Å². The zero-order valence-electron chi connectivity index (χ0n) is 8.69. The quantitative estimate of drug-likeness (QED) is 0.895. The van der Waals surface area contributed by atoms with E-state index in [-0.39, 0.29) is 5.69 Å². The van der Waals surface area contributed by atoms with Crippen LogP contribution in [0.5, 0.6) is 0 Å². The summed E-state index contributed by atoms with van der Waals surface area (Å²) in [7, 11) is 0. The summed E-state index contributed by atoms with van der Waals surface area (Å²) in [6.07, 6.45) is 2.17. The third-order valence-electron chi connectivity index (χ3n) is 2.69. The topological polar surface area (TPSA) is 24.1 Å². The number of hydrogen-bond donors (Lipinski definition) is 2. The number of hydrogen-bond acceptors (Lipinski definition) is 2. The van der Waals surface area contributed by atoms with E-state index >= 15 is 0 Å². The van der Waals surface area contributed by atoms with Crippen LogP contribution < -0.4 is 10.6 Å². The van der Waals surface area contributed by atoms with Gasteiger partial charge in [-0.2, -0.15) is 0 Å². The van der Waals surface area contributed by atoms with Crippen LogP contribution in [0.4, 0.5) is 14.5 Å². The Labute approximate surface area is 102 Å². The molecule has 1 aliphatic heterocycles. The maximum absolute atomic E-state index is 13.4. The predicted molar refractivity (Wildman–Crippen MR) is 63.6 cm³/mol. The minimum absolute atomic E-state index is 0.0445. The van der Waals surface area contributed by atoms with Crippen molar-refractivity contribution in [3.05, 3.63) is 28.2 Å². The average Bonchev–Trinajstić information content (AvgIpc) is 2.68. The SMILES string of the molecule is Fc1cc(Br)cc(F)c1NCC1CCCN1. The summed E-state index contributed by atoms with van der Waals surface area (Å²) in [4.78, 5) is 0. The highest BCUT2D eigenvalue weighted by Crippen LogP contribution is 2.23. The first kappa shape index (κ1) is 11.8. The second-order valence-electron chi connectivity index (χ2n) is 3.92. The fourth-order valence-corrected chi connectivity index (χ4v) is 2.27. The minimum Gasteiger partial charge on any atom is -0.379 e. The van der Waals surface area contributed by atoms with Crippen LogP contribution in [0.2, 0.25) is 0 Å². The van der Waals surface area contributed by atoms with Crippen molar-refractivity contribution >= 4 is 21.6 Å². The van der Waals surface area contributed by atoms with Crippen molar-refractivity contribution in [2.24, 2.45) is 0 Å². The summed E-state index contributed by atoms with van der Waals surface area (Å²) >= 11 is 3.04. The highest BCUT2D eigenvalue weighted by Gasteiger charge is 2.16. The first-order chi connectivity index (χ1) is 7.66. The van der Waals surface area contributed by atoms with Gasteiger partial charge in [-0.05, 0) is 31.5 Å². The van der Waals surface area contributed by atoms with Crippen LogP contribution in [0.1, 0.15) is 12.8 Å². The van der Waals surface area contributed by atoms with Gasteiger partial charge in [0.15, 0.2) is 0 Å². The Morgan fingerprint density at radius 1 is 1.38 bits per heavy atom. The van der Waals surface area contributed by atoms with E-state index in [1.165, 1.54) is 12.1 Å². The Morgan fingerprint density at radius 3 is 2.62 bits per heavy atom. The molecular weight excluding hydrogens is 278 g/mol. The number of halogens is 3. The summed E-state index contributed by atoms with van der Waals surface area (Å²) in [5, 5.41) is 6.08. The predicted octanol–water partition coefficient (Wildman–Crippen LogP) is 2.89. The first-order valence-corrected chi connectivity index (χ1v) is 6.08. The van der Waals surface area contributed by atoms with Gasteiger partial charge in [-0.15, -0.1) is 0 Å². The second kappa shape index (κ2) is 5.10. The fraction of sp³-hybridized carbons (Fsp3) is 0.455. The van der Waals surface area contributed by atoms with Crippen LogP contribution in [0, 0.1) is 11.6 Å². The van der Waals surface area contributed by atoms with E-state index < -0.39 is 11.6 Å². The molecule has 1 aliphatic rings. The summed E-state index contributed by atoms with van der Waals surface area (Å²) < 4.78 is 27.3. The Bertz CT molecular complexity index is 355. The summed E-state index contributed by atoms with van der Waals surface area (Å²) in [5.74, 6) is -1.13. The number of anilines is 1. The lowest BCUT2D eigenvalue weighted by Gasteiger charge is -2.13. The first-order valence-electron chi connectivity index (χ1n) is 5.28. The van der Waals surface area contributed by atoms with Crippen molar-refractivity contribution in [1.82, 2.24) is 5.32 Å².